The van der Waals surface area contributed by atoms with E-state index >= 15 is 0 Å². The molecule has 2 aromatic rings. The number of nitrogens with zero attached hydrogens (tertiary/aromatic N) is 2. The second kappa shape index (κ2) is 8.44. The van der Waals surface area contributed by atoms with Gasteiger partial charge in [-0.05, 0) is 25.3 Å². The Kier molecular flexibility index (Phi) is 5.80. The van der Waals surface area contributed by atoms with Crippen molar-refractivity contribution >= 4 is 17.6 Å². The van der Waals surface area contributed by atoms with E-state index in [4.69, 9.17) is 4.74 Å². The lowest BCUT2D eigenvalue weighted by atomic mass is 10.1. The highest BCUT2D eigenvalue weighted by Gasteiger charge is 2.30. The molecule has 1 aliphatic heterocycles. The molecule has 1 atom stereocenters. The molecule has 1 saturated heterocycles. The molecule has 7 nitrogen and oxygen atoms in total. The highest BCUT2D eigenvalue weighted by molar-refractivity contribution is 5.93. The predicted octanol–water partition coefficient (Wildman–Crippen LogP) is 3.51. The number of rotatable bonds is 5. The Morgan fingerprint density at radius 1 is 1.00 bits per heavy atom. The van der Waals surface area contributed by atoms with Gasteiger partial charge in [0.2, 0.25) is 6.10 Å². The summed E-state index contributed by atoms with van der Waals surface area (Å²) in [5.74, 6) is -1.03. The summed E-state index contributed by atoms with van der Waals surface area (Å²) in [6.45, 7) is 1.27. The van der Waals surface area contributed by atoms with Gasteiger partial charge in [0.05, 0.1) is 10.5 Å². The maximum atomic E-state index is 13.0. The summed E-state index contributed by atoms with van der Waals surface area (Å²) in [5, 5.41) is 10.9. The monoisotopic (exact) mass is 368 g/mol. The number of nitro groups is 1. The van der Waals surface area contributed by atoms with Gasteiger partial charge in [-0.15, -0.1) is 0 Å². The minimum Gasteiger partial charge on any atom is -0.444 e. The minimum absolute atomic E-state index is 0.0385. The van der Waals surface area contributed by atoms with Crippen molar-refractivity contribution in [2.45, 2.75) is 25.4 Å². The molecule has 140 valence electrons. The van der Waals surface area contributed by atoms with E-state index in [1.54, 1.807) is 29.2 Å². The van der Waals surface area contributed by atoms with Gasteiger partial charge >= 0.3 is 5.97 Å². The molecular formula is C20H20N2O5. The summed E-state index contributed by atoms with van der Waals surface area (Å²) in [6, 6.07) is 14.1. The fraction of sp³-hybridized carbons (Fsp3) is 0.300. The second-order valence-electron chi connectivity index (χ2n) is 6.39. The van der Waals surface area contributed by atoms with Crippen LogP contribution in [0.4, 0.5) is 5.69 Å². The Hall–Kier alpha value is -3.22. The molecule has 7 heteroatoms. The van der Waals surface area contributed by atoms with Crippen LogP contribution in [-0.2, 0) is 9.53 Å². The van der Waals surface area contributed by atoms with Gasteiger partial charge in [0, 0.05) is 30.8 Å². The fourth-order valence-corrected chi connectivity index (χ4v) is 3.09. The summed E-state index contributed by atoms with van der Waals surface area (Å²) in [5.41, 5.74) is 0.409. The number of nitro benzene ring substituents is 1. The molecule has 1 amide bonds. The molecule has 1 fully saturated rings. The molecule has 1 heterocycles. The lowest BCUT2D eigenvalue weighted by molar-refractivity contribution is -0.384. The number of hydrogen-bond acceptors (Lipinski definition) is 5. The van der Waals surface area contributed by atoms with Gasteiger partial charge in [-0.25, -0.2) is 4.79 Å². The van der Waals surface area contributed by atoms with Gasteiger partial charge in [0.1, 0.15) is 0 Å². The van der Waals surface area contributed by atoms with Gasteiger partial charge in [0.25, 0.3) is 11.6 Å². The quantitative estimate of drug-likeness (QED) is 0.458. The van der Waals surface area contributed by atoms with Crippen LogP contribution in [0.2, 0.25) is 0 Å². The standard InChI is InChI=1S/C20H20N2O5/c23-19(21-12-5-2-6-13-21)18(15-8-3-1-4-9-15)27-20(24)16-10-7-11-17(14-16)22(25)26/h1,3-4,7-11,14,18H,2,5-6,12-13H2. The molecule has 0 N–H and O–H groups in total. The van der Waals surface area contributed by atoms with Crippen LogP contribution in [-0.4, -0.2) is 34.8 Å². The first-order valence-corrected chi connectivity index (χ1v) is 8.85. The maximum absolute atomic E-state index is 13.0. The van der Waals surface area contributed by atoms with E-state index < -0.39 is 17.0 Å². The third-order valence-electron chi connectivity index (χ3n) is 4.51. The summed E-state index contributed by atoms with van der Waals surface area (Å²) in [7, 11) is 0. The number of carbonyl (C=O) groups excluding carboxylic acids is 2. The number of benzene rings is 2. The lowest BCUT2D eigenvalue weighted by Crippen LogP contribution is -2.40. The summed E-state index contributed by atoms with van der Waals surface area (Å²) < 4.78 is 5.52. The van der Waals surface area contributed by atoms with Crippen LogP contribution in [0.3, 0.4) is 0 Å². The number of carbonyl (C=O) groups is 2. The number of ether oxygens (including phenoxy) is 1. The van der Waals surface area contributed by atoms with Crippen LogP contribution in [0, 0.1) is 10.1 Å². The first-order valence-electron chi connectivity index (χ1n) is 8.85. The number of piperidine rings is 1. The Morgan fingerprint density at radius 3 is 2.37 bits per heavy atom. The topological polar surface area (TPSA) is 89.8 Å². The van der Waals surface area contributed by atoms with Crippen LogP contribution in [0.1, 0.15) is 41.3 Å². The van der Waals surface area contributed by atoms with Crippen molar-refractivity contribution in [3.8, 4) is 0 Å². The maximum Gasteiger partial charge on any atom is 0.339 e. The zero-order chi connectivity index (χ0) is 19.2. The van der Waals surface area contributed by atoms with Crippen LogP contribution in [0.25, 0.3) is 0 Å². The number of non-ortho nitro benzene ring substituents is 1. The largest absolute Gasteiger partial charge is 0.444 e. The van der Waals surface area contributed by atoms with Crippen molar-refractivity contribution in [3.63, 3.8) is 0 Å². The summed E-state index contributed by atoms with van der Waals surface area (Å²) >= 11 is 0. The number of likely N-dealkylation sites (tertiary alicyclic amines) is 1. The predicted molar refractivity (Wildman–Crippen MR) is 98.1 cm³/mol. The molecule has 1 aliphatic rings. The zero-order valence-corrected chi connectivity index (χ0v) is 14.7. The third-order valence-corrected chi connectivity index (χ3v) is 4.51. The molecule has 2 aromatic carbocycles. The van der Waals surface area contributed by atoms with E-state index in [2.05, 4.69) is 0 Å². The van der Waals surface area contributed by atoms with Crippen molar-refractivity contribution in [2.24, 2.45) is 0 Å². The third kappa shape index (κ3) is 4.49. The molecule has 3 rings (SSSR count). The number of esters is 1. The second-order valence-corrected chi connectivity index (χ2v) is 6.39. The van der Waals surface area contributed by atoms with Crippen LogP contribution in [0.5, 0.6) is 0 Å². The zero-order valence-electron chi connectivity index (χ0n) is 14.7. The molecule has 27 heavy (non-hydrogen) atoms. The molecular weight excluding hydrogens is 348 g/mol. The number of amides is 1. The molecule has 0 spiro atoms. The van der Waals surface area contributed by atoms with Gasteiger partial charge in [-0.3, -0.25) is 14.9 Å². The molecule has 0 aliphatic carbocycles. The Labute approximate surface area is 156 Å². The minimum atomic E-state index is -1.07. The van der Waals surface area contributed by atoms with Gasteiger partial charge < -0.3 is 9.64 Å². The van der Waals surface area contributed by atoms with E-state index in [9.17, 15) is 19.7 Å². The van der Waals surface area contributed by atoms with Crippen LogP contribution in [0.15, 0.2) is 54.6 Å². The Balaban J connectivity index is 1.85. The molecule has 0 radical (unpaired) electrons. The normalized spacial score (nSPS) is 15.0. The van der Waals surface area contributed by atoms with Crippen LogP contribution >= 0.6 is 0 Å². The Morgan fingerprint density at radius 2 is 1.70 bits per heavy atom. The van der Waals surface area contributed by atoms with Crippen molar-refractivity contribution < 1.29 is 19.2 Å². The van der Waals surface area contributed by atoms with Gasteiger partial charge in [-0.1, -0.05) is 36.4 Å². The molecule has 1 unspecified atom stereocenters. The molecule has 0 aromatic heterocycles. The van der Waals surface area contributed by atoms with E-state index in [0.29, 0.717) is 18.7 Å². The van der Waals surface area contributed by atoms with Gasteiger partial charge in [-0.2, -0.15) is 0 Å². The van der Waals surface area contributed by atoms with E-state index in [1.807, 2.05) is 6.07 Å². The average Bonchev–Trinajstić information content (AvgIpc) is 2.72. The van der Waals surface area contributed by atoms with Crippen molar-refractivity contribution in [1.29, 1.82) is 0 Å². The van der Waals surface area contributed by atoms with Crippen molar-refractivity contribution in [1.82, 2.24) is 4.90 Å². The molecule has 0 bridgehead atoms. The van der Waals surface area contributed by atoms with Crippen molar-refractivity contribution in [2.75, 3.05) is 13.1 Å². The summed E-state index contributed by atoms with van der Waals surface area (Å²) in [4.78, 5) is 37.6. The van der Waals surface area contributed by atoms with Gasteiger partial charge in [0.15, 0.2) is 0 Å². The van der Waals surface area contributed by atoms with Crippen LogP contribution < -0.4 is 0 Å². The smallest absolute Gasteiger partial charge is 0.339 e. The Bertz CT molecular complexity index is 831. The fourth-order valence-electron chi connectivity index (χ4n) is 3.09. The first-order chi connectivity index (χ1) is 13.1. The highest BCUT2D eigenvalue weighted by Crippen LogP contribution is 2.24. The van der Waals surface area contributed by atoms with Crippen molar-refractivity contribution in [3.05, 3.63) is 75.8 Å². The van der Waals surface area contributed by atoms with E-state index in [1.165, 1.54) is 18.2 Å². The average molecular weight is 368 g/mol. The van der Waals surface area contributed by atoms with E-state index in [-0.39, 0.29) is 17.2 Å². The summed E-state index contributed by atoms with van der Waals surface area (Å²) in [6.07, 6.45) is 1.85. The SMILES string of the molecule is O=C(OC(C(=O)N1CCCCC1)c1ccccc1)c1cccc([N+](=O)[O-])c1. The highest BCUT2D eigenvalue weighted by atomic mass is 16.6. The van der Waals surface area contributed by atoms with E-state index in [0.717, 1.165) is 25.3 Å². The molecule has 0 saturated carbocycles. The lowest BCUT2D eigenvalue weighted by Gasteiger charge is -2.30. The first kappa shape index (κ1) is 18.6. The number of hydrogen-bond donors (Lipinski definition) is 0.